The summed E-state index contributed by atoms with van der Waals surface area (Å²) in [6.07, 6.45) is 0. The average Bonchev–Trinajstić information content (AvgIpc) is 2.52. The summed E-state index contributed by atoms with van der Waals surface area (Å²) in [6.45, 7) is 8.13. The second-order valence-corrected chi connectivity index (χ2v) is 5.28. The Bertz CT molecular complexity index is 559. The lowest BCUT2D eigenvalue weighted by Gasteiger charge is -2.39. The van der Waals surface area contributed by atoms with E-state index in [1.807, 2.05) is 29.2 Å². The van der Waals surface area contributed by atoms with Crippen LogP contribution in [0.5, 0.6) is 0 Å². The first kappa shape index (κ1) is 15.6. The van der Waals surface area contributed by atoms with Gasteiger partial charge in [0, 0.05) is 31.2 Å². The van der Waals surface area contributed by atoms with Crippen LogP contribution in [0, 0.1) is 11.8 Å². The van der Waals surface area contributed by atoms with Crippen molar-refractivity contribution in [3.05, 3.63) is 35.4 Å². The van der Waals surface area contributed by atoms with E-state index in [0.29, 0.717) is 18.2 Å². The number of likely N-dealkylation sites (N-methyl/N-ethyl adjacent to an activating group) is 1. The topological polar surface area (TPSA) is 49.6 Å². The van der Waals surface area contributed by atoms with Crippen LogP contribution in [0.15, 0.2) is 24.3 Å². The van der Waals surface area contributed by atoms with Crippen molar-refractivity contribution in [1.29, 1.82) is 0 Å². The Morgan fingerprint density at radius 2 is 2.14 bits per heavy atom. The molecule has 0 saturated carbocycles. The van der Waals surface area contributed by atoms with Gasteiger partial charge in [-0.3, -0.25) is 9.69 Å². The van der Waals surface area contributed by atoms with E-state index < -0.39 is 0 Å². The molecule has 2 N–H and O–H groups in total. The van der Waals surface area contributed by atoms with Crippen molar-refractivity contribution < 1.29 is 4.79 Å². The SMILES string of the molecule is CCN1CCN(C(=O)c2ccccc2C#CCN)CC1C. The van der Waals surface area contributed by atoms with Gasteiger partial charge in [-0.2, -0.15) is 0 Å². The van der Waals surface area contributed by atoms with Crippen molar-refractivity contribution in [3.8, 4) is 11.8 Å². The third kappa shape index (κ3) is 3.63. The molecule has 0 aliphatic carbocycles. The molecule has 1 fully saturated rings. The Hall–Kier alpha value is -1.83. The fourth-order valence-corrected chi connectivity index (χ4v) is 2.74. The van der Waals surface area contributed by atoms with Crippen LogP contribution in [0.3, 0.4) is 0 Å². The van der Waals surface area contributed by atoms with Crippen molar-refractivity contribution >= 4 is 5.91 Å². The third-order valence-corrected chi connectivity index (χ3v) is 3.94. The van der Waals surface area contributed by atoms with Crippen molar-refractivity contribution in [1.82, 2.24) is 9.80 Å². The van der Waals surface area contributed by atoms with Crippen LogP contribution in [0.1, 0.15) is 29.8 Å². The molecule has 1 heterocycles. The zero-order chi connectivity index (χ0) is 15.2. The molecule has 0 spiro atoms. The molecule has 1 aromatic carbocycles. The van der Waals surface area contributed by atoms with E-state index in [9.17, 15) is 4.79 Å². The number of hydrogen-bond donors (Lipinski definition) is 1. The number of nitrogens with zero attached hydrogens (tertiary/aromatic N) is 2. The smallest absolute Gasteiger partial charge is 0.255 e. The number of benzene rings is 1. The number of hydrogen-bond acceptors (Lipinski definition) is 3. The summed E-state index contributed by atoms with van der Waals surface area (Å²) < 4.78 is 0. The van der Waals surface area contributed by atoms with Crippen molar-refractivity contribution in [3.63, 3.8) is 0 Å². The zero-order valence-corrected chi connectivity index (χ0v) is 12.8. The molecule has 1 atom stereocenters. The molecule has 0 aromatic heterocycles. The number of carbonyl (C=O) groups excluding carboxylic acids is 1. The third-order valence-electron chi connectivity index (χ3n) is 3.94. The van der Waals surface area contributed by atoms with E-state index in [1.54, 1.807) is 0 Å². The quantitative estimate of drug-likeness (QED) is 0.830. The van der Waals surface area contributed by atoms with E-state index >= 15 is 0 Å². The van der Waals surface area contributed by atoms with E-state index in [0.717, 1.165) is 31.7 Å². The molecule has 1 unspecified atom stereocenters. The molecule has 21 heavy (non-hydrogen) atoms. The lowest BCUT2D eigenvalue weighted by atomic mass is 10.1. The first-order chi connectivity index (χ1) is 10.2. The van der Waals surface area contributed by atoms with E-state index in [2.05, 4.69) is 30.6 Å². The molecule has 1 amide bonds. The maximum Gasteiger partial charge on any atom is 0.255 e. The first-order valence-electron chi connectivity index (χ1n) is 7.48. The first-order valence-corrected chi connectivity index (χ1v) is 7.48. The minimum atomic E-state index is 0.0690. The van der Waals surface area contributed by atoms with Gasteiger partial charge in [0.15, 0.2) is 0 Å². The second kappa shape index (κ2) is 7.26. The zero-order valence-electron chi connectivity index (χ0n) is 12.8. The minimum Gasteiger partial charge on any atom is -0.336 e. The number of nitrogens with two attached hydrogens (primary N) is 1. The van der Waals surface area contributed by atoms with Crippen LogP contribution in [-0.2, 0) is 0 Å². The van der Waals surface area contributed by atoms with Crippen LogP contribution in [0.2, 0.25) is 0 Å². The Morgan fingerprint density at radius 3 is 2.81 bits per heavy atom. The van der Waals surface area contributed by atoms with Gasteiger partial charge in [0.25, 0.3) is 5.91 Å². The van der Waals surface area contributed by atoms with E-state index in [1.165, 1.54) is 0 Å². The fraction of sp³-hybridized carbons (Fsp3) is 0.471. The summed E-state index contributed by atoms with van der Waals surface area (Å²) in [5.74, 6) is 5.89. The number of carbonyl (C=O) groups is 1. The van der Waals surface area contributed by atoms with Gasteiger partial charge in [-0.1, -0.05) is 30.9 Å². The van der Waals surface area contributed by atoms with Crippen LogP contribution in [0.4, 0.5) is 0 Å². The number of piperazine rings is 1. The van der Waals surface area contributed by atoms with Crippen molar-refractivity contribution in [2.24, 2.45) is 5.73 Å². The van der Waals surface area contributed by atoms with Gasteiger partial charge in [-0.25, -0.2) is 0 Å². The molecular weight excluding hydrogens is 262 g/mol. The summed E-state index contributed by atoms with van der Waals surface area (Å²) in [6, 6.07) is 7.90. The molecule has 112 valence electrons. The predicted molar refractivity (Wildman–Crippen MR) is 85.0 cm³/mol. The van der Waals surface area contributed by atoms with Gasteiger partial charge in [0.05, 0.1) is 12.1 Å². The Balaban J connectivity index is 2.17. The van der Waals surface area contributed by atoms with Gasteiger partial charge in [0.1, 0.15) is 0 Å². The predicted octanol–water partition coefficient (Wildman–Crippen LogP) is 1.16. The van der Waals surface area contributed by atoms with Crippen LogP contribution >= 0.6 is 0 Å². The van der Waals surface area contributed by atoms with Gasteiger partial charge in [-0.05, 0) is 25.6 Å². The molecule has 1 saturated heterocycles. The van der Waals surface area contributed by atoms with Gasteiger partial charge in [0.2, 0.25) is 0 Å². The van der Waals surface area contributed by atoms with Crippen LogP contribution in [0.25, 0.3) is 0 Å². The molecular formula is C17H23N3O. The van der Waals surface area contributed by atoms with Crippen molar-refractivity contribution in [2.45, 2.75) is 19.9 Å². The number of amides is 1. The second-order valence-electron chi connectivity index (χ2n) is 5.28. The maximum atomic E-state index is 12.7. The molecule has 1 aliphatic rings. The average molecular weight is 285 g/mol. The Morgan fingerprint density at radius 1 is 1.38 bits per heavy atom. The summed E-state index contributed by atoms with van der Waals surface area (Å²) in [5.41, 5.74) is 6.86. The largest absolute Gasteiger partial charge is 0.336 e. The molecule has 2 rings (SSSR count). The summed E-state index contributed by atoms with van der Waals surface area (Å²) >= 11 is 0. The highest BCUT2D eigenvalue weighted by Gasteiger charge is 2.27. The standard InChI is InChI=1S/C17H23N3O/c1-3-19-11-12-20(13-14(19)2)17(21)16-9-5-4-7-15(16)8-6-10-18/h4-5,7,9,14H,3,10-13,18H2,1-2H3. The minimum absolute atomic E-state index is 0.0690. The lowest BCUT2D eigenvalue weighted by molar-refractivity contribution is 0.0528. The van der Waals surface area contributed by atoms with Crippen molar-refractivity contribution in [2.75, 3.05) is 32.7 Å². The summed E-state index contributed by atoms with van der Waals surface area (Å²) in [7, 11) is 0. The van der Waals surface area contributed by atoms with Crippen LogP contribution in [-0.4, -0.2) is 54.5 Å². The molecule has 0 radical (unpaired) electrons. The number of rotatable bonds is 2. The molecule has 1 aliphatic heterocycles. The van der Waals surface area contributed by atoms with E-state index in [-0.39, 0.29) is 5.91 Å². The van der Waals surface area contributed by atoms with Gasteiger partial charge >= 0.3 is 0 Å². The Labute approximate surface area is 126 Å². The highest BCUT2D eigenvalue weighted by molar-refractivity contribution is 5.96. The lowest BCUT2D eigenvalue weighted by Crippen LogP contribution is -2.53. The summed E-state index contributed by atoms with van der Waals surface area (Å²) in [5, 5.41) is 0. The van der Waals surface area contributed by atoms with Crippen LogP contribution < -0.4 is 5.73 Å². The van der Waals surface area contributed by atoms with Gasteiger partial charge < -0.3 is 10.6 Å². The Kier molecular flexibility index (Phi) is 5.38. The molecule has 1 aromatic rings. The molecule has 4 nitrogen and oxygen atoms in total. The molecule has 0 bridgehead atoms. The normalized spacial score (nSPS) is 19.0. The molecule has 4 heteroatoms. The highest BCUT2D eigenvalue weighted by Crippen LogP contribution is 2.15. The monoisotopic (exact) mass is 285 g/mol. The summed E-state index contributed by atoms with van der Waals surface area (Å²) in [4.78, 5) is 17.1. The highest BCUT2D eigenvalue weighted by atomic mass is 16.2. The maximum absolute atomic E-state index is 12.7. The van der Waals surface area contributed by atoms with E-state index in [4.69, 9.17) is 5.73 Å². The van der Waals surface area contributed by atoms with Gasteiger partial charge in [-0.15, -0.1) is 0 Å². The fourth-order valence-electron chi connectivity index (χ4n) is 2.74.